The third-order valence-corrected chi connectivity index (χ3v) is 6.95. The number of imidazole rings is 1. The van der Waals surface area contributed by atoms with Crippen molar-refractivity contribution in [2.45, 2.75) is 20.0 Å². The lowest BCUT2D eigenvalue weighted by molar-refractivity contribution is -0.392. The Balaban J connectivity index is 1.29. The van der Waals surface area contributed by atoms with Gasteiger partial charge < -0.3 is 14.9 Å². The van der Waals surface area contributed by atoms with Crippen molar-refractivity contribution in [2.24, 2.45) is 4.99 Å². The van der Waals surface area contributed by atoms with E-state index in [0.29, 0.717) is 34.7 Å². The van der Waals surface area contributed by atoms with Crippen LogP contribution >= 0.6 is 11.8 Å². The summed E-state index contributed by atoms with van der Waals surface area (Å²) in [5, 5.41) is 11.8. The van der Waals surface area contributed by atoms with E-state index in [1.807, 2.05) is 60.7 Å². The Bertz CT molecular complexity index is 1540. The lowest BCUT2D eigenvalue weighted by Gasteiger charge is -2.15. The molecule has 1 fully saturated rings. The van der Waals surface area contributed by atoms with Gasteiger partial charge in [0, 0.05) is 19.3 Å². The fourth-order valence-corrected chi connectivity index (χ4v) is 4.96. The number of benzene rings is 2. The molecule has 0 N–H and O–H groups in total. The van der Waals surface area contributed by atoms with E-state index in [2.05, 4.69) is 9.97 Å². The number of thioether (sulfide) groups is 1. The monoisotopic (exact) mass is 540 g/mol. The Labute approximate surface area is 228 Å². The number of ether oxygens (including phenoxy) is 1. The molecule has 5 rings (SSSR count). The van der Waals surface area contributed by atoms with Crippen LogP contribution in [-0.2, 0) is 17.9 Å². The van der Waals surface area contributed by atoms with Crippen molar-refractivity contribution < 1.29 is 14.5 Å². The van der Waals surface area contributed by atoms with Crippen LogP contribution in [0.15, 0.2) is 95.2 Å². The molecule has 0 bridgehead atoms. The Morgan fingerprint density at radius 3 is 2.54 bits per heavy atom. The van der Waals surface area contributed by atoms with E-state index in [-0.39, 0.29) is 18.3 Å². The fraction of sp³-hybridized carbons (Fsp3) is 0.143. The summed E-state index contributed by atoms with van der Waals surface area (Å²) in [6.07, 6.45) is 6.49. The van der Waals surface area contributed by atoms with Gasteiger partial charge in [0.15, 0.2) is 11.0 Å². The molecule has 3 heterocycles. The molecule has 1 aliphatic rings. The molecule has 0 unspecified atom stereocenters. The normalized spacial score (nSPS) is 15.3. The van der Waals surface area contributed by atoms with Crippen LogP contribution in [0.4, 0.5) is 11.5 Å². The van der Waals surface area contributed by atoms with Crippen molar-refractivity contribution in [3.8, 4) is 5.75 Å². The zero-order chi connectivity index (χ0) is 27.2. The SMILES string of the molecule is Cc1ncc([N+](=O)[O-])n1CCOc1ccc(/C=C2\SC(=Nc3ccccc3)N(Cc3ccncc3)C2=O)cc1. The molecule has 1 amide bonds. The molecule has 1 saturated heterocycles. The second-order valence-corrected chi connectivity index (χ2v) is 9.59. The Hall–Kier alpha value is -4.77. The second-order valence-electron chi connectivity index (χ2n) is 8.58. The molecule has 0 atom stereocenters. The van der Waals surface area contributed by atoms with Gasteiger partial charge in [0.1, 0.15) is 25.1 Å². The van der Waals surface area contributed by atoms with Crippen LogP contribution in [0.5, 0.6) is 5.75 Å². The van der Waals surface area contributed by atoms with Crippen LogP contribution in [0, 0.1) is 17.0 Å². The maximum Gasteiger partial charge on any atom is 0.342 e. The highest BCUT2D eigenvalue weighted by atomic mass is 32.2. The van der Waals surface area contributed by atoms with Crippen LogP contribution in [0.3, 0.4) is 0 Å². The van der Waals surface area contributed by atoms with Gasteiger partial charge in [0.2, 0.25) is 0 Å². The van der Waals surface area contributed by atoms with Crippen LogP contribution in [0.2, 0.25) is 0 Å². The number of aromatic nitrogens is 3. The molecule has 0 aliphatic carbocycles. The quantitative estimate of drug-likeness (QED) is 0.159. The Morgan fingerprint density at radius 2 is 1.82 bits per heavy atom. The number of amides is 1. The van der Waals surface area contributed by atoms with Gasteiger partial charge in [0.05, 0.1) is 17.1 Å². The molecule has 0 spiro atoms. The summed E-state index contributed by atoms with van der Waals surface area (Å²) in [4.78, 5) is 39.1. The zero-order valence-corrected chi connectivity index (χ0v) is 21.8. The van der Waals surface area contributed by atoms with E-state index >= 15 is 0 Å². The van der Waals surface area contributed by atoms with Gasteiger partial charge in [-0.05, 0) is 70.3 Å². The van der Waals surface area contributed by atoms with Crippen molar-refractivity contribution in [2.75, 3.05) is 6.61 Å². The summed E-state index contributed by atoms with van der Waals surface area (Å²) in [5.74, 6) is 0.988. The molecule has 39 heavy (non-hydrogen) atoms. The largest absolute Gasteiger partial charge is 0.489 e. The standard InChI is InChI=1S/C28H24N6O4S/c1-20-30-18-26(34(36)37)32(20)15-16-38-24-9-7-21(8-10-24)17-25-27(35)33(19-22-11-13-29-14-12-22)28(39-25)31-23-5-3-2-4-6-23/h2-14,17-18H,15-16,19H2,1H3/b25-17-,31-28?. The molecule has 196 valence electrons. The predicted octanol–water partition coefficient (Wildman–Crippen LogP) is 5.38. The molecular formula is C28H24N6O4S. The van der Waals surface area contributed by atoms with E-state index < -0.39 is 4.92 Å². The number of carbonyl (C=O) groups is 1. The Kier molecular flexibility index (Phi) is 7.78. The number of nitro groups is 1. The smallest absolute Gasteiger partial charge is 0.342 e. The maximum absolute atomic E-state index is 13.4. The van der Waals surface area contributed by atoms with Gasteiger partial charge in [-0.15, -0.1) is 0 Å². The third kappa shape index (κ3) is 6.21. The molecule has 1 aliphatic heterocycles. The van der Waals surface area contributed by atoms with Gasteiger partial charge in [-0.1, -0.05) is 30.3 Å². The highest BCUT2D eigenvalue weighted by molar-refractivity contribution is 8.18. The summed E-state index contributed by atoms with van der Waals surface area (Å²) in [5.41, 5.74) is 2.56. The molecule has 0 saturated carbocycles. The number of amidine groups is 1. The van der Waals surface area contributed by atoms with Crippen LogP contribution in [-0.4, -0.2) is 42.0 Å². The number of pyridine rings is 1. The lowest BCUT2D eigenvalue weighted by Crippen LogP contribution is -2.28. The van der Waals surface area contributed by atoms with Crippen LogP contribution in [0.1, 0.15) is 17.0 Å². The van der Waals surface area contributed by atoms with E-state index in [1.165, 1.54) is 22.5 Å². The molecule has 2 aromatic carbocycles. The van der Waals surface area contributed by atoms with Gasteiger partial charge in [-0.2, -0.15) is 0 Å². The fourth-order valence-electron chi connectivity index (χ4n) is 3.96. The highest BCUT2D eigenvalue weighted by Gasteiger charge is 2.33. The first-order valence-corrected chi connectivity index (χ1v) is 12.9. The summed E-state index contributed by atoms with van der Waals surface area (Å²) >= 11 is 1.33. The van der Waals surface area contributed by atoms with E-state index in [0.717, 1.165) is 16.8 Å². The van der Waals surface area contributed by atoms with Gasteiger partial charge in [-0.3, -0.25) is 14.7 Å². The summed E-state index contributed by atoms with van der Waals surface area (Å²) in [6, 6.07) is 20.6. The van der Waals surface area contributed by atoms with E-state index in [9.17, 15) is 14.9 Å². The maximum atomic E-state index is 13.4. The number of hydrogen-bond acceptors (Lipinski definition) is 8. The van der Waals surface area contributed by atoms with Gasteiger partial charge in [0.25, 0.3) is 5.91 Å². The molecule has 10 nitrogen and oxygen atoms in total. The number of carbonyl (C=O) groups excluding carboxylic acids is 1. The number of aryl methyl sites for hydroxylation is 1. The van der Waals surface area contributed by atoms with Crippen molar-refractivity contribution >= 4 is 40.4 Å². The van der Waals surface area contributed by atoms with Crippen molar-refractivity contribution in [3.63, 3.8) is 0 Å². The van der Waals surface area contributed by atoms with Crippen molar-refractivity contribution in [1.29, 1.82) is 0 Å². The first-order chi connectivity index (χ1) is 19.0. The average Bonchev–Trinajstić information content (AvgIpc) is 3.45. The summed E-state index contributed by atoms with van der Waals surface area (Å²) in [6.45, 7) is 2.65. The summed E-state index contributed by atoms with van der Waals surface area (Å²) < 4.78 is 7.29. The second kappa shape index (κ2) is 11.7. The van der Waals surface area contributed by atoms with E-state index in [4.69, 9.17) is 9.73 Å². The van der Waals surface area contributed by atoms with Crippen LogP contribution in [0.25, 0.3) is 6.08 Å². The molecule has 2 aromatic heterocycles. The minimum absolute atomic E-state index is 0.0649. The average molecular weight is 541 g/mol. The number of aliphatic imine (C=N–C) groups is 1. The predicted molar refractivity (Wildman–Crippen MR) is 149 cm³/mol. The topological polar surface area (TPSA) is 116 Å². The Morgan fingerprint density at radius 1 is 1.08 bits per heavy atom. The number of para-hydroxylation sites is 1. The lowest BCUT2D eigenvalue weighted by atomic mass is 10.2. The van der Waals surface area contributed by atoms with Gasteiger partial charge >= 0.3 is 5.82 Å². The zero-order valence-electron chi connectivity index (χ0n) is 21.0. The molecule has 4 aromatic rings. The van der Waals surface area contributed by atoms with Crippen molar-refractivity contribution in [1.82, 2.24) is 19.4 Å². The first kappa shape index (κ1) is 25.9. The minimum atomic E-state index is -0.460. The summed E-state index contributed by atoms with van der Waals surface area (Å²) in [7, 11) is 0. The first-order valence-electron chi connectivity index (χ1n) is 12.1. The van der Waals surface area contributed by atoms with Crippen molar-refractivity contribution in [3.05, 3.63) is 117 Å². The highest BCUT2D eigenvalue weighted by Crippen LogP contribution is 2.35. The minimum Gasteiger partial charge on any atom is -0.489 e. The molecular weight excluding hydrogens is 516 g/mol. The van der Waals surface area contributed by atoms with Gasteiger partial charge in [-0.25, -0.2) is 14.5 Å². The molecule has 11 heteroatoms. The molecule has 0 radical (unpaired) electrons. The van der Waals surface area contributed by atoms with E-state index in [1.54, 1.807) is 36.4 Å². The van der Waals surface area contributed by atoms with Crippen LogP contribution < -0.4 is 4.74 Å². The number of nitrogens with zero attached hydrogens (tertiary/aromatic N) is 6. The third-order valence-electron chi connectivity index (χ3n) is 5.94. The number of hydrogen-bond donors (Lipinski definition) is 0. The number of rotatable bonds is 9.